The van der Waals surface area contributed by atoms with Gasteiger partial charge in [0.25, 0.3) is 0 Å². The summed E-state index contributed by atoms with van der Waals surface area (Å²) in [4.78, 5) is 6.52. The minimum Gasteiger partial charge on any atom is -0.493 e. The van der Waals surface area contributed by atoms with Crippen molar-refractivity contribution in [1.82, 2.24) is 4.90 Å². The zero-order valence-electron chi connectivity index (χ0n) is 13.8. The SMILES string of the molecule is CCN(C)C=Nc1cc(OC)c(Oc2ccccc2Br)cc1C. The van der Waals surface area contributed by atoms with Gasteiger partial charge in [0.2, 0.25) is 0 Å². The molecule has 0 aliphatic heterocycles. The van der Waals surface area contributed by atoms with Crippen molar-refractivity contribution in [1.29, 1.82) is 0 Å². The number of halogens is 1. The second-order valence-electron chi connectivity index (χ2n) is 5.14. The van der Waals surface area contributed by atoms with E-state index in [-0.39, 0.29) is 0 Å². The largest absolute Gasteiger partial charge is 0.493 e. The van der Waals surface area contributed by atoms with Crippen LogP contribution in [-0.4, -0.2) is 31.9 Å². The fourth-order valence-electron chi connectivity index (χ4n) is 1.92. The highest BCUT2D eigenvalue weighted by atomic mass is 79.9. The van der Waals surface area contributed by atoms with Crippen LogP contribution in [0.15, 0.2) is 45.9 Å². The van der Waals surface area contributed by atoms with Gasteiger partial charge in [-0.15, -0.1) is 0 Å². The molecule has 122 valence electrons. The summed E-state index contributed by atoms with van der Waals surface area (Å²) in [6.45, 7) is 4.99. The Morgan fingerprint density at radius 3 is 2.57 bits per heavy atom. The molecule has 0 atom stereocenters. The summed E-state index contributed by atoms with van der Waals surface area (Å²) < 4.78 is 12.3. The molecule has 4 nitrogen and oxygen atoms in total. The topological polar surface area (TPSA) is 34.1 Å². The van der Waals surface area contributed by atoms with Crippen LogP contribution in [0, 0.1) is 6.92 Å². The number of rotatable bonds is 6. The minimum atomic E-state index is 0.651. The lowest BCUT2D eigenvalue weighted by atomic mass is 10.2. The molecule has 0 fully saturated rings. The molecule has 0 bridgehead atoms. The summed E-state index contributed by atoms with van der Waals surface area (Å²) in [6.07, 6.45) is 1.82. The van der Waals surface area contributed by atoms with Gasteiger partial charge in [-0.2, -0.15) is 0 Å². The maximum absolute atomic E-state index is 5.98. The Hall–Kier alpha value is -2.01. The monoisotopic (exact) mass is 376 g/mol. The first-order chi connectivity index (χ1) is 11.0. The highest BCUT2D eigenvalue weighted by Crippen LogP contribution is 2.39. The predicted molar refractivity (Wildman–Crippen MR) is 98.4 cm³/mol. The van der Waals surface area contributed by atoms with E-state index in [1.807, 2.05) is 61.6 Å². The Morgan fingerprint density at radius 2 is 1.91 bits per heavy atom. The molecule has 2 rings (SSSR count). The van der Waals surface area contributed by atoms with E-state index in [0.29, 0.717) is 11.5 Å². The Labute approximate surface area is 145 Å². The molecule has 0 unspecified atom stereocenters. The Morgan fingerprint density at radius 1 is 1.17 bits per heavy atom. The number of aliphatic imine (C=N–C) groups is 1. The second kappa shape index (κ2) is 8.02. The van der Waals surface area contributed by atoms with Crippen molar-refractivity contribution in [3.05, 3.63) is 46.4 Å². The lowest BCUT2D eigenvalue weighted by Crippen LogP contribution is -2.14. The van der Waals surface area contributed by atoms with Gasteiger partial charge in [-0.25, -0.2) is 4.99 Å². The third-order valence-corrected chi connectivity index (χ3v) is 4.09. The molecule has 0 aliphatic carbocycles. The molecule has 2 aromatic carbocycles. The van der Waals surface area contributed by atoms with Crippen molar-refractivity contribution < 1.29 is 9.47 Å². The van der Waals surface area contributed by atoms with Crippen LogP contribution in [0.3, 0.4) is 0 Å². The molecular weight excluding hydrogens is 356 g/mol. The van der Waals surface area contributed by atoms with E-state index in [2.05, 4.69) is 27.8 Å². The Kier molecular flexibility index (Phi) is 6.04. The summed E-state index contributed by atoms with van der Waals surface area (Å²) in [7, 11) is 3.61. The van der Waals surface area contributed by atoms with Crippen molar-refractivity contribution in [3.8, 4) is 17.2 Å². The molecule has 2 aromatic rings. The molecule has 0 heterocycles. The van der Waals surface area contributed by atoms with Crippen LogP contribution < -0.4 is 9.47 Å². The van der Waals surface area contributed by atoms with Gasteiger partial charge in [0.15, 0.2) is 11.5 Å². The zero-order valence-corrected chi connectivity index (χ0v) is 15.4. The lowest BCUT2D eigenvalue weighted by molar-refractivity contribution is 0.378. The van der Waals surface area contributed by atoms with Crippen molar-refractivity contribution >= 4 is 28.0 Å². The van der Waals surface area contributed by atoms with Crippen LogP contribution in [0.5, 0.6) is 17.2 Å². The molecule has 5 heteroatoms. The molecule has 0 saturated heterocycles. The van der Waals surface area contributed by atoms with E-state index in [1.54, 1.807) is 7.11 Å². The standard InChI is InChI=1S/C18H21BrN2O2/c1-5-21(3)12-20-15-11-17(22-4)18(10-13(15)2)23-16-9-7-6-8-14(16)19/h6-12H,5H2,1-4H3. The minimum absolute atomic E-state index is 0.651. The van der Waals surface area contributed by atoms with Gasteiger partial charge < -0.3 is 14.4 Å². The van der Waals surface area contributed by atoms with Crippen molar-refractivity contribution in [2.24, 2.45) is 4.99 Å². The number of methoxy groups -OCH3 is 1. The van der Waals surface area contributed by atoms with Crippen molar-refractivity contribution in [2.75, 3.05) is 20.7 Å². The van der Waals surface area contributed by atoms with Gasteiger partial charge in [-0.1, -0.05) is 12.1 Å². The number of aryl methyl sites for hydroxylation is 1. The smallest absolute Gasteiger partial charge is 0.169 e. The zero-order chi connectivity index (χ0) is 16.8. The summed E-state index contributed by atoms with van der Waals surface area (Å²) in [5.74, 6) is 2.06. The Bertz CT molecular complexity index is 701. The average molecular weight is 377 g/mol. The van der Waals surface area contributed by atoms with Crippen LogP contribution in [0.2, 0.25) is 0 Å². The Balaban J connectivity index is 2.33. The van der Waals surface area contributed by atoms with E-state index < -0.39 is 0 Å². The second-order valence-corrected chi connectivity index (χ2v) is 5.99. The lowest BCUT2D eigenvalue weighted by Gasteiger charge is -2.14. The summed E-state index contributed by atoms with van der Waals surface area (Å²) in [5.41, 5.74) is 1.88. The fraction of sp³-hybridized carbons (Fsp3) is 0.278. The quantitative estimate of drug-likeness (QED) is 0.515. The van der Waals surface area contributed by atoms with Gasteiger partial charge in [-0.05, 0) is 53.5 Å². The number of benzene rings is 2. The number of hydrogen-bond acceptors (Lipinski definition) is 3. The summed E-state index contributed by atoms with van der Waals surface area (Å²) >= 11 is 3.49. The third-order valence-electron chi connectivity index (χ3n) is 3.43. The van der Waals surface area contributed by atoms with Crippen LogP contribution in [0.25, 0.3) is 0 Å². The highest BCUT2D eigenvalue weighted by Gasteiger charge is 2.11. The van der Waals surface area contributed by atoms with Gasteiger partial charge in [0.1, 0.15) is 5.75 Å². The molecule has 23 heavy (non-hydrogen) atoms. The van der Waals surface area contributed by atoms with Crippen molar-refractivity contribution in [2.45, 2.75) is 13.8 Å². The van der Waals surface area contributed by atoms with Gasteiger partial charge in [0.05, 0.1) is 23.6 Å². The van der Waals surface area contributed by atoms with E-state index in [0.717, 1.165) is 28.0 Å². The van der Waals surface area contributed by atoms with Crippen molar-refractivity contribution in [3.63, 3.8) is 0 Å². The number of hydrogen-bond donors (Lipinski definition) is 0. The van der Waals surface area contributed by atoms with Gasteiger partial charge in [-0.3, -0.25) is 0 Å². The van der Waals surface area contributed by atoms with Crippen LogP contribution in [0.1, 0.15) is 12.5 Å². The normalized spacial score (nSPS) is 10.8. The maximum atomic E-state index is 5.98. The van der Waals surface area contributed by atoms with E-state index >= 15 is 0 Å². The van der Waals surface area contributed by atoms with Crippen LogP contribution in [-0.2, 0) is 0 Å². The molecule has 0 N–H and O–H groups in total. The maximum Gasteiger partial charge on any atom is 0.169 e. The third kappa shape index (κ3) is 4.48. The van der Waals surface area contributed by atoms with Gasteiger partial charge >= 0.3 is 0 Å². The molecule has 0 aliphatic rings. The van der Waals surface area contributed by atoms with E-state index in [9.17, 15) is 0 Å². The molecule has 0 amide bonds. The van der Waals surface area contributed by atoms with Gasteiger partial charge in [0, 0.05) is 19.7 Å². The molecular formula is C18H21BrN2O2. The van der Waals surface area contributed by atoms with Crippen LogP contribution >= 0.6 is 15.9 Å². The first kappa shape index (κ1) is 17.3. The molecule has 0 radical (unpaired) electrons. The number of para-hydroxylation sites is 1. The summed E-state index contributed by atoms with van der Waals surface area (Å²) in [6, 6.07) is 11.5. The average Bonchev–Trinajstić information content (AvgIpc) is 2.55. The first-order valence-corrected chi connectivity index (χ1v) is 8.20. The van der Waals surface area contributed by atoms with E-state index in [1.165, 1.54) is 0 Å². The molecule has 0 saturated carbocycles. The predicted octanol–water partition coefficient (Wildman–Crippen LogP) is 5.17. The summed E-state index contributed by atoms with van der Waals surface area (Å²) in [5, 5.41) is 0. The number of ether oxygens (including phenoxy) is 2. The highest BCUT2D eigenvalue weighted by molar-refractivity contribution is 9.10. The first-order valence-electron chi connectivity index (χ1n) is 7.40. The fourth-order valence-corrected chi connectivity index (χ4v) is 2.28. The molecule has 0 spiro atoms. The molecule has 0 aromatic heterocycles. The van der Waals surface area contributed by atoms with Crippen LogP contribution in [0.4, 0.5) is 5.69 Å². The number of nitrogens with zero attached hydrogens (tertiary/aromatic N) is 2. The van der Waals surface area contributed by atoms with E-state index in [4.69, 9.17) is 9.47 Å².